The molecule has 3 rings (SSSR count). The van der Waals surface area contributed by atoms with Gasteiger partial charge in [-0.05, 0) is 30.2 Å². The number of amides is 2. The second kappa shape index (κ2) is 7.64. The molecule has 0 atom stereocenters. The highest BCUT2D eigenvalue weighted by atomic mass is 16.2. The average molecular weight is 353 g/mol. The van der Waals surface area contributed by atoms with Crippen molar-refractivity contribution in [1.29, 1.82) is 0 Å². The molecule has 1 aromatic carbocycles. The first-order valence-electron chi connectivity index (χ1n) is 8.32. The highest BCUT2D eigenvalue weighted by Crippen LogP contribution is 2.16. The number of aromatic nitrogens is 3. The van der Waals surface area contributed by atoms with Crippen molar-refractivity contribution >= 4 is 34.5 Å². The molecule has 8 nitrogen and oxygen atoms in total. The number of H-pyrrole nitrogens is 2. The molecule has 0 aliphatic carbocycles. The van der Waals surface area contributed by atoms with Crippen LogP contribution in [0.25, 0.3) is 11.2 Å². The van der Waals surface area contributed by atoms with Gasteiger partial charge in [-0.1, -0.05) is 25.1 Å². The molecule has 4 N–H and O–H groups in total. The molecule has 0 aliphatic heterocycles. The van der Waals surface area contributed by atoms with E-state index in [4.69, 9.17) is 0 Å². The Morgan fingerprint density at radius 3 is 2.50 bits per heavy atom. The number of imidazole rings is 1. The molecule has 0 saturated carbocycles. The molecule has 134 valence electrons. The van der Waals surface area contributed by atoms with Crippen LogP contribution in [0.1, 0.15) is 25.3 Å². The molecule has 0 radical (unpaired) electrons. The maximum atomic E-state index is 12.1. The predicted molar refractivity (Wildman–Crippen MR) is 99.0 cm³/mol. The van der Waals surface area contributed by atoms with Crippen LogP contribution in [0.3, 0.4) is 0 Å². The minimum absolute atomic E-state index is 0.0312. The molecule has 0 aliphatic rings. The van der Waals surface area contributed by atoms with Gasteiger partial charge in [0.15, 0.2) is 5.65 Å². The van der Waals surface area contributed by atoms with Crippen LogP contribution in [0.15, 0.2) is 41.2 Å². The molecule has 0 fully saturated rings. The summed E-state index contributed by atoms with van der Waals surface area (Å²) in [5.74, 6) is -0.234. The number of carbonyl (C=O) groups excluding carboxylic acids is 2. The molecule has 0 unspecified atom stereocenters. The van der Waals surface area contributed by atoms with Crippen LogP contribution in [0.4, 0.5) is 11.5 Å². The lowest BCUT2D eigenvalue weighted by atomic mass is 10.1. The molecule has 2 amide bonds. The SMILES string of the molecule is CCc1ccccc1NC(=O)CCC(=O)Nc1ccc2[nH]c(=O)[nH]c2n1. The van der Waals surface area contributed by atoms with Gasteiger partial charge in [0.05, 0.1) is 5.52 Å². The fourth-order valence-corrected chi connectivity index (χ4v) is 2.58. The summed E-state index contributed by atoms with van der Waals surface area (Å²) in [6.45, 7) is 2.01. The highest BCUT2D eigenvalue weighted by molar-refractivity contribution is 5.97. The summed E-state index contributed by atoms with van der Waals surface area (Å²) < 4.78 is 0. The number of hydrogen-bond donors (Lipinski definition) is 4. The van der Waals surface area contributed by atoms with Gasteiger partial charge in [-0.15, -0.1) is 0 Å². The second-order valence-corrected chi connectivity index (χ2v) is 5.78. The number of rotatable bonds is 6. The summed E-state index contributed by atoms with van der Waals surface area (Å²) in [7, 11) is 0. The Morgan fingerprint density at radius 2 is 1.73 bits per heavy atom. The van der Waals surface area contributed by atoms with Crippen molar-refractivity contribution in [2.24, 2.45) is 0 Å². The van der Waals surface area contributed by atoms with Crippen LogP contribution < -0.4 is 16.3 Å². The van der Waals surface area contributed by atoms with Gasteiger partial charge in [0.2, 0.25) is 11.8 Å². The van der Waals surface area contributed by atoms with Crippen molar-refractivity contribution in [2.75, 3.05) is 10.6 Å². The van der Waals surface area contributed by atoms with E-state index in [9.17, 15) is 14.4 Å². The average Bonchev–Trinajstić information content (AvgIpc) is 3.00. The van der Waals surface area contributed by atoms with Crippen LogP contribution in [-0.4, -0.2) is 26.8 Å². The van der Waals surface area contributed by atoms with E-state index >= 15 is 0 Å². The van der Waals surface area contributed by atoms with Crippen LogP contribution in [0.5, 0.6) is 0 Å². The van der Waals surface area contributed by atoms with Gasteiger partial charge in [-0.25, -0.2) is 9.78 Å². The molecule has 0 spiro atoms. The second-order valence-electron chi connectivity index (χ2n) is 5.78. The van der Waals surface area contributed by atoms with E-state index in [0.29, 0.717) is 17.0 Å². The zero-order valence-electron chi connectivity index (χ0n) is 14.3. The Bertz CT molecular complexity index is 1010. The lowest BCUT2D eigenvalue weighted by Crippen LogP contribution is -2.18. The Labute approximate surface area is 149 Å². The van der Waals surface area contributed by atoms with E-state index in [0.717, 1.165) is 17.7 Å². The topological polar surface area (TPSA) is 120 Å². The Balaban J connectivity index is 1.54. The Morgan fingerprint density at radius 1 is 1.00 bits per heavy atom. The predicted octanol–water partition coefficient (Wildman–Crippen LogP) is 2.17. The van der Waals surface area contributed by atoms with Crippen molar-refractivity contribution in [3.05, 3.63) is 52.4 Å². The number of nitrogens with one attached hydrogen (secondary N) is 4. The first-order chi connectivity index (χ1) is 12.5. The third-order valence-electron chi connectivity index (χ3n) is 3.89. The normalized spacial score (nSPS) is 10.7. The van der Waals surface area contributed by atoms with Crippen LogP contribution in [-0.2, 0) is 16.0 Å². The van der Waals surface area contributed by atoms with Gasteiger partial charge in [-0.2, -0.15) is 0 Å². The number of carbonyl (C=O) groups is 2. The Kier molecular flexibility index (Phi) is 5.12. The standard InChI is InChI=1S/C18H19N5O3/c1-2-11-5-3-4-6-12(11)19-15(24)9-10-16(25)21-14-8-7-13-17(22-14)23-18(26)20-13/h3-8H,2,9-10H2,1H3,(H,19,24)(H3,20,21,22,23,25,26). The molecule has 8 heteroatoms. The van der Waals surface area contributed by atoms with Gasteiger partial charge in [0, 0.05) is 18.5 Å². The summed E-state index contributed by atoms with van der Waals surface area (Å²) in [6, 6.07) is 10.8. The first-order valence-corrected chi connectivity index (χ1v) is 8.32. The number of anilines is 2. The van der Waals surface area contributed by atoms with Gasteiger partial charge in [-0.3, -0.25) is 14.6 Å². The van der Waals surface area contributed by atoms with E-state index < -0.39 is 0 Å². The molecule has 26 heavy (non-hydrogen) atoms. The van der Waals surface area contributed by atoms with Gasteiger partial charge >= 0.3 is 5.69 Å². The van der Waals surface area contributed by atoms with E-state index in [-0.39, 0.29) is 30.3 Å². The summed E-state index contributed by atoms with van der Waals surface area (Å²) in [5, 5.41) is 5.45. The summed E-state index contributed by atoms with van der Waals surface area (Å²) in [5.41, 5.74) is 2.37. The van der Waals surface area contributed by atoms with Crippen LogP contribution in [0.2, 0.25) is 0 Å². The summed E-state index contributed by atoms with van der Waals surface area (Å²) >= 11 is 0. The summed E-state index contributed by atoms with van der Waals surface area (Å²) in [4.78, 5) is 44.5. The zero-order chi connectivity index (χ0) is 18.5. The van der Waals surface area contributed by atoms with Crippen molar-refractivity contribution in [1.82, 2.24) is 15.0 Å². The Hall–Kier alpha value is -3.42. The lowest BCUT2D eigenvalue weighted by molar-refractivity contribution is -0.121. The van der Waals surface area contributed by atoms with E-state index in [1.165, 1.54) is 0 Å². The van der Waals surface area contributed by atoms with Gasteiger partial charge in [0.25, 0.3) is 0 Å². The number of nitrogens with zero attached hydrogens (tertiary/aromatic N) is 1. The van der Waals surface area contributed by atoms with Crippen molar-refractivity contribution in [3.63, 3.8) is 0 Å². The zero-order valence-corrected chi connectivity index (χ0v) is 14.3. The molecule has 2 heterocycles. The molecule has 0 saturated heterocycles. The number of aromatic amines is 2. The molecule has 3 aromatic rings. The molecular weight excluding hydrogens is 334 g/mol. The molecule has 0 bridgehead atoms. The van der Waals surface area contributed by atoms with Gasteiger partial charge in [0.1, 0.15) is 5.82 Å². The lowest BCUT2D eigenvalue weighted by Gasteiger charge is -2.09. The van der Waals surface area contributed by atoms with E-state index in [1.807, 2.05) is 31.2 Å². The number of para-hydroxylation sites is 1. The van der Waals surface area contributed by atoms with Crippen LogP contribution in [0, 0.1) is 0 Å². The summed E-state index contributed by atoms with van der Waals surface area (Å²) in [6.07, 6.45) is 0.906. The third-order valence-corrected chi connectivity index (χ3v) is 3.89. The van der Waals surface area contributed by atoms with E-state index in [1.54, 1.807) is 12.1 Å². The monoisotopic (exact) mass is 353 g/mol. The van der Waals surface area contributed by atoms with Crippen LogP contribution >= 0.6 is 0 Å². The first kappa shape index (κ1) is 17.4. The quantitative estimate of drug-likeness (QED) is 0.543. The fourth-order valence-electron chi connectivity index (χ4n) is 2.58. The maximum absolute atomic E-state index is 12.1. The van der Waals surface area contributed by atoms with Crippen molar-refractivity contribution < 1.29 is 9.59 Å². The van der Waals surface area contributed by atoms with Gasteiger partial charge < -0.3 is 15.6 Å². The number of benzene rings is 1. The highest BCUT2D eigenvalue weighted by Gasteiger charge is 2.10. The number of pyridine rings is 1. The molecule has 2 aromatic heterocycles. The largest absolute Gasteiger partial charge is 0.326 e. The minimum Gasteiger partial charge on any atom is -0.326 e. The number of hydrogen-bond acceptors (Lipinski definition) is 4. The van der Waals surface area contributed by atoms with Crippen molar-refractivity contribution in [3.8, 4) is 0 Å². The maximum Gasteiger partial charge on any atom is 0.325 e. The minimum atomic E-state index is -0.361. The fraction of sp³-hybridized carbons (Fsp3) is 0.222. The smallest absolute Gasteiger partial charge is 0.325 e. The molecular formula is C18H19N5O3. The third kappa shape index (κ3) is 4.15. The number of fused-ring (bicyclic) bond motifs is 1. The van der Waals surface area contributed by atoms with Crippen molar-refractivity contribution in [2.45, 2.75) is 26.2 Å². The number of aryl methyl sites for hydroxylation is 1. The van der Waals surface area contributed by atoms with E-state index in [2.05, 4.69) is 25.6 Å².